The van der Waals surface area contributed by atoms with Crippen LogP contribution in [0.4, 0.5) is 5.82 Å². The number of pyridine rings is 1. The summed E-state index contributed by atoms with van der Waals surface area (Å²) in [5.74, 6) is 3.91. The second-order valence-electron chi connectivity index (χ2n) is 9.32. The number of nitrogens with zero attached hydrogens (tertiary/aromatic N) is 7. The summed E-state index contributed by atoms with van der Waals surface area (Å²) in [7, 11) is 2.11. The molecule has 2 fully saturated rings. The van der Waals surface area contributed by atoms with E-state index in [1.165, 1.54) is 5.57 Å². The van der Waals surface area contributed by atoms with E-state index in [1.807, 2.05) is 25.3 Å². The largest absolute Gasteiger partial charge is 0.498 e. The van der Waals surface area contributed by atoms with E-state index >= 15 is 0 Å². The topological polar surface area (TPSA) is 69.0 Å². The Balaban J connectivity index is 1.35. The van der Waals surface area contributed by atoms with Crippen LogP contribution >= 0.6 is 0 Å². The number of allylic oxidation sites excluding steroid dienone is 4. The molecular weight excluding hydrogens is 454 g/mol. The Morgan fingerprint density at radius 3 is 2.58 bits per heavy atom. The van der Waals surface area contributed by atoms with E-state index in [9.17, 15) is 0 Å². The van der Waals surface area contributed by atoms with Crippen molar-refractivity contribution in [2.75, 3.05) is 71.0 Å². The van der Waals surface area contributed by atoms with Gasteiger partial charge >= 0.3 is 0 Å². The molecule has 4 heterocycles. The van der Waals surface area contributed by atoms with Crippen LogP contribution in [0.15, 0.2) is 70.0 Å². The number of aromatic nitrogens is 1. The molecule has 192 valence electrons. The maximum atomic E-state index is 5.73. The first-order valence-electron chi connectivity index (χ1n) is 13.0. The van der Waals surface area contributed by atoms with Gasteiger partial charge in [-0.05, 0) is 30.7 Å². The molecule has 5 rings (SSSR count). The number of hydrogen-bond donors (Lipinski definition) is 0. The monoisotopic (exact) mass is 491 g/mol. The molecule has 9 heteroatoms. The summed E-state index contributed by atoms with van der Waals surface area (Å²) >= 11 is 0. The van der Waals surface area contributed by atoms with Gasteiger partial charge in [-0.15, -0.1) is 0 Å². The van der Waals surface area contributed by atoms with Crippen molar-refractivity contribution in [3.8, 4) is 0 Å². The molecule has 1 aromatic rings. The number of morpholine rings is 1. The molecule has 2 saturated heterocycles. The van der Waals surface area contributed by atoms with Gasteiger partial charge in [0.25, 0.3) is 0 Å². The summed E-state index contributed by atoms with van der Waals surface area (Å²) in [6.07, 6.45) is 12.0. The van der Waals surface area contributed by atoms with E-state index in [-0.39, 0.29) is 6.29 Å². The van der Waals surface area contributed by atoms with Crippen LogP contribution in [0.1, 0.15) is 19.8 Å². The second-order valence-corrected chi connectivity index (χ2v) is 9.32. The maximum absolute atomic E-state index is 5.73. The van der Waals surface area contributed by atoms with Crippen LogP contribution in [0.3, 0.4) is 0 Å². The van der Waals surface area contributed by atoms with Crippen LogP contribution in [-0.2, 0) is 9.47 Å². The third-order valence-corrected chi connectivity index (χ3v) is 6.95. The average Bonchev–Trinajstić information content (AvgIpc) is 3.16. The molecule has 0 saturated carbocycles. The van der Waals surface area contributed by atoms with Gasteiger partial charge in [-0.1, -0.05) is 24.3 Å². The minimum atomic E-state index is -0.0740. The van der Waals surface area contributed by atoms with Crippen molar-refractivity contribution < 1.29 is 9.47 Å². The summed E-state index contributed by atoms with van der Waals surface area (Å²) in [4.78, 5) is 24.1. The van der Waals surface area contributed by atoms with E-state index < -0.39 is 0 Å². The Kier molecular flexibility index (Phi) is 7.98. The molecule has 0 radical (unpaired) electrons. The average molecular weight is 492 g/mol. The Morgan fingerprint density at radius 1 is 1.03 bits per heavy atom. The molecule has 1 aliphatic carbocycles. The van der Waals surface area contributed by atoms with Gasteiger partial charge in [-0.25, -0.2) is 9.98 Å². The van der Waals surface area contributed by atoms with Gasteiger partial charge in [0.2, 0.25) is 5.96 Å². The number of anilines is 1. The van der Waals surface area contributed by atoms with Gasteiger partial charge in [-0.2, -0.15) is 4.99 Å². The highest BCUT2D eigenvalue weighted by Crippen LogP contribution is 2.22. The first-order valence-corrected chi connectivity index (χ1v) is 13.0. The van der Waals surface area contributed by atoms with E-state index in [1.54, 1.807) is 0 Å². The smallest absolute Gasteiger partial charge is 0.225 e. The lowest BCUT2D eigenvalue weighted by Crippen LogP contribution is -2.56. The second kappa shape index (κ2) is 11.7. The van der Waals surface area contributed by atoms with Gasteiger partial charge in [-0.3, -0.25) is 4.90 Å². The fourth-order valence-corrected chi connectivity index (χ4v) is 4.92. The molecule has 1 atom stereocenters. The molecule has 0 bridgehead atoms. The molecule has 0 N–H and O–H groups in total. The first kappa shape index (κ1) is 24.5. The number of ether oxygens (including phenoxy) is 2. The van der Waals surface area contributed by atoms with Crippen molar-refractivity contribution in [2.24, 2.45) is 9.98 Å². The molecule has 0 spiro atoms. The predicted molar refractivity (Wildman–Crippen MR) is 143 cm³/mol. The maximum Gasteiger partial charge on any atom is 0.225 e. The molecule has 36 heavy (non-hydrogen) atoms. The molecule has 9 nitrogen and oxygen atoms in total. The lowest BCUT2D eigenvalue weighted by Gasteiger charge is -2.43. The summed E-state index contributed by atoms with van der Waals surface area (Å²) in [6.45, 7) is 9.47. The Labute approximate surface area is 214 Å². The zero-order valence-electron chi connectivity index (χ0n) is 21.4. The van der Waals surface area contributed by atoms with E-state index in [4.69, 9.17) is 19.5 Å². The zero-order chi connectivity index (χ0) is 24.7. The lowest BCUT2D eigenvalue weighted by atomic mass is 10.1. The summed E-state index contributed by atoms with van der Waals surface area (Å²) < 4.78 is 11.3. The van der Waals surface area contributed by atoms with Crippen molar-refractivity contribution in [1.82, 2.24) is 19.7 Å². The van der Waals surface area contributed by atoms with Crippen molar-refractivity contribution >= 4 is 17.6 Å². The van der Waals surface area contributed by atoms with Gasteiger partial charge < -0.3 is 24.2 Å². The van der Waals surface area contributed by atoms with Crippen LogP contribution in [-0.4, -0.2) is 104 Å². The van der Waals surface area contributed by atoms with Crippen LogP contribution in [0.25, 0.3) is 0 Å². The van der Waals surface area contributed by atoms with Gasteiger partial charge in [0.15, 0.2) is 6.29 Å². The van der Waals surface area contributed by atoms with Crippen molar-refractivity contribution in [3.05, 3.63) is 60.0 Å². The normalized spacial score (nSPS) is 23.5. The highest BCUT2D eigenvalue weighted by atomic mass is 16.5. The van der Waals surface area contributed by atoms with Crippen molar-refractivity contribution in [3.63, 3.8) is 0 Å². The van der Waals surface area contributed by atoms with Gasteiger partial charge in [0, 0.05) is 65.4 Å². The summed E-state index contributed by atoms with van der Waals surface area (Å²) in [5, 5.41) is 0. The summed E-state index contributed by atoms with van der Waals surface area (Å²) in [6, 6.07) is 6.08. The minimum Gasteiger partial charge on any atom is -0.498 e. The molecular formula is C27H37N7O2. The highest BCUT2D eigenvalue weighted by Gasteiger charge is 2.32. The fourth-order valence-electron chi connectivity index (χ4n) is 4.92. The molecule has 1 aromatic heterocycles. The van der Waals surface area contributed by atoms with E-state index in [2.05, 4.69) is 62.0 Å². The number of hydrogen-bond acceptors (Lipinski definition) is 9. The number of guanidine groups is 1. The van der Waals surface area contributed by atoms with Gasteiger partial charge in [0.1, 0.15) is 11.7 Å². The molecule has 3 aliphatic heterocycles. The molecule has 1 unspecified atom stereocenters. The predicted octanol–water partition coefficient (Wildman–Crippen LogP) is 2.72. The number of amidine groups is 1. The zero-order valence-corrected chi connectivity index (χ0v) is 21.4. The Bertz CT molecular complexity index is 1040. The fraction of sp³-hybridized carbons (Fsp3) is 0.519. The Morgan fingerprint density at radius 2 is 1.83 bits per heavy atom. The first-order chi connectivity index (χ1) is 17.7. The lowest BCUT2D eigenvalue weighted by molar-refractivity contribution is -0.00838. The third kappa shape index (κ3) is 5.79. The minimum absolute atomic E-state index is 0.0740. The summed E-state index contributed by atoms with van der Waals surface area (Å²) in [5.41, 5.74) is 1.22. The number of rotatable bonds is 6. The standard InChI is InChI=1S/C27H37N7O2/c1-3-36-23-8-6-7-22(10-11-23)21-25-29-26(30-27(31(25)2)34-17-19-35-20-18-34)33-15-13-32(14-16-33)24-9-4-5-12-28-24/h4-7,9-12,27H,3,8,13-21H2,1-2H3. The number of aliphatic imine (C=N–C) groups is 2. The van der Waals surface area contributed by atoms with E-state index in [0.29, 0.717) is 6.61 Å². The highest BCUT2D eigenvalue weighted by molar-refractivity contribution is 5.99. The Hall–Kier alpha value is -3.17. The van der Waals surface area contributed by atoms with Crippen LogP contribution in [0.2, 0.25) is 0 Å². The van der Waals surface area contributed by atoms with Gasteiger partial charge in [0.05, 0.1) is 25.6 Å². The molecule has 4 aliphatic rings. The van der Waals surface area contributed by atoms with Crippen LogP contribution in [0.5, 0.6) is 0 Å². The third-order valence-electron chi connectivity index (χ3n) is 6.95. The van der Waals surface area contributed by atoms with Crippen molar-refractivity contribution in [1.29, 1.82) is 0 Å². The van der Waals surface area contributed by atoms with Crippen LogP contribution < -0.4 is 4.90 Å². The molecule has 0 amide bonds. The van der Waals surface area contributed by atoms with Crippen LogP contribution in [0, 0.1) is 0 Å². The quantitative estimate of drug-likeness (QED) is 0.606. The SMILES string of the molecule is CCOC1=CC=C(CC2=NC(N3CCN(c4ccccn4)CC3)=NC(N3CCOCC3)N2C)C=CC1. The number of piperazine rings is 1. The molecule has 0 aromatic carbocycles. The van der Waals surface area contributed by atoms with E-state index in [0.717, 1.165) is 88.7 Å². The van der Waals surface area contributed by atoms with Crippen molar-refractivity contribution in [2.45, 2.75) is 26.1 Å².